The Morgan fingerprint density at radius 3 is 2.67 bits per heavy atom. The molecule has 0 saturated carbocycles. The molecule has 0 amide bonds. The van der Waals surface area contributed by atoms with E-state index >= 15 is 0 Å². The normalized spacial score (nSPS) is 16.0. The van der Waals surface area contributed by atoms with Gasteiger partial charge in [0, 0.05) is 18.0 Å². The fourth-order valence-corrected chi connectivity index (χ4v) is 3.97. The van der Waals surface area contributed by atoms with Crippen LogP contribution in [-0.4, -0.2) is 26.9 Å². The second kappa shape index (κ2) is 6.95. The van der Waals surface area contributed by atoms with Crippen molar-refractivity contribution >= 4 is 0 Å². The standard InChI is InChI=1S/C21H22N4O2/c1-13-9-14(2)19(27-3)11-18(13)15-5-6-17-16(10-15)12-24-25(20(17)26)21-22-7-4-8-23-21/h4,7-9,11-12,15H,5-6,10H2,1-3H3. The maximum Gasteiger partial charge on any atom is 0.277 e. The summed E-state index contributed by atoms with van der Waals surface area (Å²) in [5, 5.41) is 4.31. The molecular weight excluding hydrogens is 340 g/mol. The van der Waals surface area contributed by atoms with Gasteiger partial charge in [0.15, 0.2) is 0 Å². The van der Waals surface area contributed by atoms with Crippen molar-refractivity contribution in [2.75, 3.05) is 7.11 Å². The molecule has 138 valence electrons. The molecule has 1 atom stereocenters. The summed E-state index contributed by atoms with van der Waals surface area (Å²) in [6, 6.07) is 6.04. The largest absolute Gasteiger partial charge is 0.496 e. The SMILES string of the molecule is COc1cc(C2CCc3c(cnn(-c4ncccn4)c3=O)C2)c(C)cc1C. The van der Waals surface area contributed by atoms with Gasteiger partial charge in [0.25, 0.3) is 11.5 Å². The summed E-state index contributed by atoms with van der Waals surface area (Å²) in [5.74, 6) is 1.58. The summed E-state index contributed by atoms with van der Waals surface area (Å²) in [6.07, 6.45) is 7.47. The first-order chi connectivity index (χ1) is 13.1. The van der Waals surface area contributed by atoms with Crippen molar-refractivity contribution in [3.05, 3.63) is 75.0 Å². The van der Waals surface area contributed by atoms with E-state index in [2.05, 4.69) is 41.0 Å². The number of rotatable bonds is 3. The van der Waals surface area contributed by atoms with Crippen molar-refractivity contribution < 1.29 is 4.74 Å². The highest BCUT2D eigenvalue weighted by Gasteiger charge is 2.25. The maximum atomic E-state index is 12.9. The van der Waals surface area contributed by atoms with Crippen LogP contribution in [0.25, 0.3) is 5.95 Å². The van der Waals surface area contributed by atoms with Crippen molar-refractivity contribution in [3.8, 4) is 11.7 Å². The molecule has 1 aliphatic rings. The topological polar surface area (TPSA) is 69.9 Å². The molecule has 27 heavy (non-hydrogen) atoms. The Kier molecular flexibility index (Phi) is 4.48. The predicted octanol–water partition coefficient (Wildman–Crippen LogP) is 2.92. The molecule has 0 fully saturated rings. The van der Waals surface area contributed by atoms with E-state index in [1.807, 2.05) is 0 Å². The Morgan fingerprint density at radius 2 is 1.93 bits per heavy atom. The third-order valence-electron chi connectivity index (χ3n) is 5.34. The molecule has 0 N–H and O–H groups in total. The number of benzene rings is 1. The number of methoxy groups -OCH3 is 1. The minimum atomic E-state index is -0.115. The third kappa shape index (κ3) is 3.12. The van der Waals surface area contributed by atoms with Crippen molar-refractivity contribution in [2.45, 2.75) is 39.0 Å². The van der Waals surface area contributed by atoms with Gasteiger partial charge in [-0.05, 0) is 73.4 Å². The summed E-state index contributed by atoms with van der Waals surface area (Å²) in [5.41, 5.74) is 5.42. The molecule has 0 radical (unpaired) electrons. The molecule has 2 heterocycles. The van der Waals surface area contributed by atoms with Crippen LogP contribution in [-0.2, 0) is 12.8 Å². The number of hydrogen-bond acceptors (Lipinski definition) is 5. The minimum absolute atomic E-state index is 0.115. The lowest BCUT2D eigenvalue weighted by Crippen LogP contribution is -2.30. The fraction of sp³-hybridized carbons (Fsp3) is 0.333. The molecular formula is C21H22N4O2. The first-order valence-corrected chi connectivity index (χ1v) is 9.11. The van der Waals surface area contributed by atoms with Crippen LogP contribution in [0.15, 0.2) is 41.6 Å². The van der Waals surface area contributed by atoms with Crippen molar-refractivity contribution in [1.82, 2.24) is 19.7 Å². The summed E-state index contributed by atoms with van der Waals surface area (Å²) in [6.45, 7) is 4.20. The van der Waals surface area contributed by atoms with Crippen molar-refractivity contribution in [1.29, 1.82) is 0 Å². The van der Waals surface area contributed by atoms with E-state index in [9.17, 15) is 4.79 Å². The number of aromatic nitrogens is 4. The Balaban J connectivity index is 1.69. The van der Waals surface area contributed by atoms with Crippen LogP contribution in [0.1, 0.15) is 40.2 Å². The quantitative estimate of drug-likeness (QED) is 0.716. The van der Waals surface area contributed by atoms with E-state index < -0.39 is 0 Å². The Bertz CT molecular complexity index is 1040. The Hall–Kier alpha value is -3.02. The highest BCUT2D eigenvalue weighted by atomic mass is 16.5. The molecule has 6 heteroatoms. The molecule has 1 aliphatic carbocycles. The van der Waals surface area contributed by atoms with Crippen LogP contribution >= 0.6 is 0 Å². The van der Waals surface area contributed by atoms with Crippen LogP contribution in [0.2, 0.25) is 0 Å². The van der Waals surface area contributed by atoms with E-state index in [1.165, 1.54) is 15.8 Å². The molecule has 0 aliphatic heterocycles. The van der Waals surface area contributed by atoms with E-state index in [0.29, 0.717) is 11.9 Å². The minimum Gasteiger partial charge on any atom is -0.496 e. The van der Waals surface area contributed by atoms with Crippen LogP contribution in [0.3, 0.4) is 0 Å². The molecule has 3 aromatic rings. The van der Waals surface area contributed by atoms with Gasteiger partial charge in [0.2, 0.25) is 0 Å². The van der Waals surface area contributed by atoms with Crippen molar-refractivity contribution in [2.24, 2.45) is 0 Å². The lowest BCUT2D eigenvalue weighted by atomic mass is 9.79. The third-order valence-corrected chi connectivity index (χ3v) is 5.34. The van der Waals surface area contributed by atoms with E-state index in [0.717, 1.165) is 41.7 Å². The molecule has 0 spiro atoms. The second-order valence-electron chi connectivity index (χ2n) is 7.03. The molecule has 1 unspecified atom stereocenters. The van der Waals surface area contributed by atoms with Gasteiger partial charge >= 0.3 is 0 Å². The smallest absolute Gasteiger partial charge is 0.277 e. The van der Waals surface area contributed by atoms with Gasteiger partial charge in [-0.25, -0.2) is 9.97 Å². The van der Waals surface area contributed by atoms with E-state index in [4.69, 9.17) is 4.74 Å². The number of nitrogens with zero attached hydrogens (tertiary/aromatic N) is 4. The number of hydrogen-bond donors (Lipinski definition) is 0. The lowest BCUT2D eigenvalue weighted by molar-refractivity contribution is 0.410. The molecule has 2 aromatic heterocycles. The maximum absolute atomic E-state index is 12.9. The summed E-state index contributed by atoms with van der Waals surface area (Å²) in [4.78, 5) is 21.1. The molecule has 1 aromatic carbocycles. The van der Waals surface area contributed by atoms with Crippen molar-refractivity contribution in [3.63, 3.8) is 0 Å². The fourth-order valence-electron chi connectivity index (χ4n) is 3.97. The highest BCUT2D eigenvalue weighted by Crippen LogP contribution is 2.35. The lowest BCUT2D eigenvalue weighted by Gasteiger charge is -2.26. The van der Waals surface area contributed by atoms with Gasteiger partial charge in [-0.3, -0.25) is 4.79 Å². The zero-order chi connectivity index (χ0) is 19.0. The zero-order valence-corrected chi connectivity index (χ0v) is 15.8. The monoisotopic (exact) mass is 362 g/mol. The van der Waals surface area contributed by atoms with Gasteiger partial charge < -0.3 is 4.74 Å². The Labute approximate surface area is 157 Å². The predicted molar refractivity (Wildman–Crippen MR) is 103 cm³/mol. The zero-order valence-electron chi connectivity index (χ0n) is 15.8. The summed E-state index contributed by atoms with van der Waals surface area (Å²) in [7, 11) is 1.70. The Morgan fingerprint density at radius 1 is 1.15 bits per heavy atom. The van der Waals surface area contributed by atoms with Gasteiger partial charge in [-0.2, -0.15) is 9.78 Å². The van der Waals surface area contributed by atoms with Gasteiger partial charge in [0.05, 0.1) is 13.3 Å². The number of ether oxygens (including phenoxy) is 1. The van der Waals surface area contributed by atoms with E-state index in [-0.39, 0.29) is 5.56 Å². The van der Waals surface area contributed by atoms with Crippen LogP contribution in [0.4, 0.5) is 0 Å². The average molecular weight is 362 g/mol. The first kappa shape index (κ1) is 17.4. The molecule has 0 saturated heterocycles. The van der Waals surface area contributed by atoms with Crippen LogP contribution in [0, 0.1) is 13.8 Å². The average Bonchev–Trinajstić information content (AvgIpc) is 2.69. The van der Waals surface area contributed by atoms with Gasteiger partial charge in [0.1, 0.15) is 5.75 Å². The molecule has 0 bridgehead atoms. The highest BCUT2D eigenvalue weighted by molar-refractivity contribution is 5.44. The molecule has 6 nitrogen and oxygen atoms in total. The second-order valence-corrected chi connectivity index (χ2v) is 7.03. The summed E-state index contributed by atoms with van der Waals surface area (Å²) < 4.78 is 6.80. The summed E-state index contributed by atoms with van der Waals surface area (Å²) >= 11 is 0. The van der Waals surface area contributed by atoms with Crippen LogP contribution in [0.5, 0.6) is 5.75 Å². The van der Waals surface area contributed by atoms with E-state index in [1.54, 1.807) is 31.8 Å². The number of aryl methyl sites for hydroxylation is 2. The van der Waals surface area contributed by atoms with Crippen LogP contribution < -0.4 is 10.3 Å². The number of fused-ring (bicyclic) bond motifs is 1. The first-order valence-electron chi connectivity index (χ1n) is 9.11. The molecule has 4 rings (SSSR count). The van der Waals surface area contributed by atoms with Gasteiger partial charge in [-0.1, -0.05) is 6.07 Å². The van der Waals surface area contributed by atoms with Gasteiger partial charge in [-0.15, -0.1) is 0 Å².